The highest BCUT2D eigenvalue weighted by atomic mass is 16.5. The Balaban J connectivity index is 1.98. The number of hydrogen-bond donors (Lipinski definition) is 1. The van der Waals surface area contributed by atoms with Gasteiger partial charge in [0.1, 0.15) is 12.4 Å². The normalized spacial score (nSPS) is 16.2. The number of hydrogen-bond acceptors (Lipinski definition) is 5. The third-order valence-corrected chi connectivity index (χ3v) is 2.00. The van der Waals surface area contributed by atoms with Crippen molar-refractivity contribution < 1.29 is 9.47 Å². The molecule has 2 heterocycles. The summed E-state index contributed by atoms with van der Waals surface area (Å²) in [6.45, 7) is 5.67. The minimum Gasteiger partial charge on any atom is -0.475 e. The average molecular weight is 209 g/mol. The third-order valence-electron chi connectivity index (χ3n) is 2.00. The van der Waals surface area contributed by atoms with E-state index in [1.807, 2.05) is 13.8 Å². The summed E-state index contributed by atoms with van der Waals surface area (Å²) in [5, 5.41) is 3.13. The van der Waals surface area contributed by atoms with Gasteiger partial charge in [0.25, 0.3) is 0 Å². The maximum atomic E-state index is 5.58. The predicted molar refractivity (Wildman–Crippen MR) is 55.1 cm³/mol. The predicted octanol–water partition coefficient (Wildman–Crippen LogP) is 0.614. The van der Waals surface area contributed by atoms with Crippen molar-refractivity contribution in [1.82, 2.24) is 15.3 Å². The van der Waals surface area contributed by atoms with Gasteiger partial charge in [-0.2, -0.15) is 0 Å². The van der Waals surface area contributed by atoms with Crippen molar-refractivity contribution in [2.75, 3.05) is 13.1 Å². The van der Waals surface area contributed by atoms with Gasteiger partial charge in [0.05, 0.1) is 12.2 Å². The highest BCUT2D eigenvalue weighted by molar-refractivity contribution is 5.19. The van der Waals surface area contributed by atoms with Crippen LogP contribution in [0.4, 0.5) is 0 Å². The van der Waals surface area contributed by atoms with Crippen LogP contribution < -0.4 is 14.8 Å². The second-order valence-electron chi connectivity index (χ2n) is 3.76. The first kappa shape index (κ1) is 10.2. The van der Waals surface area contributed by atoms with Crippen LogP contribution in [0, 0.1) is 0 Å². The lowest BCUT2D eigenvalue weighted by Crippen LogP contribution is -2.50. The Hall–Kier alpha value is -1.36. The van der Waals surface area contributed by atoms with Crippen LogP contribution >= 0.6 is 0 Å². The van der Waals surface area contributed by atoms with E-state index in [4.69, 9.17) is 9.47 Å². The molecule has 1 aliphatic rings. The second-order valence-corrected chi connectivity index (χ2v) is 3.76. The zero-order chi connectivity index (χ0) is 10.7. The zero-order valence-corrected chi connectivity index (χ0v) is 8.93. The van der Waals surface area contributed by atoms with Gasteiger partial charge in [0.15, 0.2) is 0 Å². The van der Waals surface area contributed by atoms with Gasteiger partial charge in [0.2, 0.25) is 11.8 Å². The van der Waals surface area contributed by atoms with Crippen LogP contribution in [0.3, 0.4) is 0 Å². The van der Waals surface area contributed by atoms with E-state index in [-0.39, 0.29) is 12.2 Å². The number of aromatic nitrogens is 2. The van der Waals surface area contributed by atoms with Crippen molar-refractivity contribution >= 4 is 0 Å². The van der Waals surface area contributed by atoms with Gasteiger partial charge < -0.3 is 14.8 Å². The lowest BCUT2D eigenvalue weighted by molar-refractivity contribution is 0.134. The fourth-order valence-corrected chi connectivity index (χ4v) is 1.21. The standard InChI is InChI=1S/C10H15N3O2/c1-7(2)14-9-3-10(13-6-12-9)15-8-4-11-5-8/h3,6-8,11H,4-5H2,1-2H3. The molecule has 1 aliphatic heterocycles. The lowest BCUT2D eigenvalue weighted by Gasteiger charge is -2.27. The van der Waals surface area contributed by atoms with Crippen LogP contribution in [0.2, 0.25) is 0 Å². The number of nitrogens with zero attached hydrogens (tertiary/aromatic N) is 2. The summed E-state index contributed by atoms with van der Waals surface area (Å²) in [5.41, 5.74) is 0. The van der Waals surface area contributed by atoms with Gasteiger partial charge >= 0.3 is 0 Å². The maximum absolute atomic E-state index is 5.58. The summed E-state index contributed by atoms with van der Waals surface area (Å²) in [5.74, 6) is 1.13. The lowest BCUT2D eigenvalue weighted by atomic mass is 10.2. The van der Waals surface area contributed by atoms with Gasteiger partial charge in [-0.1, -0.05) is 0 Å². The van der Waals surface area contributed by atoms with Crippen molar-refractivity contribution in [2.45, 2.75) is 26.1 Å². The van der Waals surface area contributed by atoms with Gasteiger partial charge in [0, 0.05) is 13.1 Å². The molecular weight excluding hydrogens is 194 g/mol. The van der Waals surface area contributed by atoms with E-state index in [0.717, 1.165) is 13.1 Å². The van der Waals surface area contributed by atoms with E-state index in [9.17, 15) is 0 Å². The SMILES string of the molecule is CC(C)Oc1cc(OC2CNC2)ncn1. The smallest absolute Gasteiger partial charge is 0.220 e. The Morgan fingerprint density at radius 3 is 2.67 bits per heavy atom. The van der Waals surface area contributed by atoms with Crippen LogP contribution in [0.15, 0.2) is 12.4 Å². The van der Waals surface area contributed by atoms with Crippen molar-refractivity contribution in [1.29, 1.82) is 0 Å². The van der Waals surface area contributed by atoms with Crippen molar-refractivity contribution in [3.8, 4) is 11.8 Å². The molecule has 0 atom stereocenters. The molecule has 1 saturated heterocycles. The molecule has 0 unspecified atom stereocenters. The molecule has 0 amide bonds. The Labute approximate surface area is 88.8 Å². The van der Waals surface area contributed by atoms with Gasteiger partial charge in [-0.05, 0) is 13.8 Å². The molecule has 2 rings (SSSR count). The van der Waals surface area contributed by atoms with Gasteiger partial charge in [-0.3, -0.25) is 0 Å². The molecule has 0 saturated carbocycles. The third kappa shape index (κ3) is 2.79. The molecule has 1 N–H and O–H groups in total. The van der Waals surface area contributed by atoms with E-state index in [0.29, 0.717) is 11.8 Å². The van der Waals surface area contributed by atoms with E-state index in [1.54, 1.807) is 6.07 Å². The summed E-state index contributed by atoms with van der Waals surface area (Å²) in [6.07, 6.45) is 1.80. The Bertz CT molecular complexity index is 326. The van der Waals surface area contributed by atoms with Crippen LogP contribution in [0.5, 0.6) is 11.8 Å². The molecule has 1 fully saturated rings. The van der Waals surface area contributed by atoms with E-state index in [1.165, 1.54) is 6.33 Å². The Morgan fingerprint density at radius 1 is 1.33 bits per heavy atom. The fourth-order valence-electron chi connectivity index (χ4n) is 1.21. The average Bonchev–Trinajstić information content (AvgIpc) is 2.11. The van der Waals surface area contributed by atoms with Crippen LogP contribution in [-0.2, 0) is 0 Å². The van der Waals surface area contributed by atoms with Crippen molar-refractivity contribution in [3.63, 3.8) is 0 Å². The quantitative estimate of drug-likeness (QED) is 0.787. The Kier molecular flexibility index (Phi) is 3.01. The van der Waals surface area contributed by atoms with Gasteiger partial charge in [-0.15, -0.1) is 0 Å². The second kappa shape index (κ2) is 4.44. The van der Waals surface area contributed by atoms with Crippen LogP contribution in [0.25, 0.3) is 0 Å². The highest BCUT2D eigenvalue weighted by Crippen LogP contribution is 2.16. The molecule has 0 aliphatic carbocycles. The molecule has 15 heavy (non-hydrogen) atoms. The van der Waals surface area contributed by atoms with Gasteiger partial charge in [-0.25, -0.2) is 9.97 Å². The fraction of sp³-hybridized carbons (Fsp3) is 0.600. The molecule has 5 heteroatoms. The molecule has 0 bridgehead atoms. The number of nitrogens with one attached hydrogen (secondary N) is 1. The van der Waals surface area contributed by atoms with Crippen LogP contribution in [0.1, 0.15) is 13.8 Å². The first-order valence-electron chi connectivity index (χ1n) is 5.10. The summed E-state index contributed by atoms with van der Waals surface area (Å²) >= 11 is 0. The molecule has 0 aromatic carbocycles. The maximum Gasteiger partial charge on any atom is 0.220 e. The summed E-state index contributed by atoms with van der Waals surface area (Å²) in [7, 11) is 0. The molecule has 1 aromatic rings. The molecule has 0 radical (unpaired) electrons. The topological polar surface area (TPSA) is 56.3 Å². The largest absolute Gasteiger partial charge is 0.475 e. The molecular formula is C10H15N3O2. The molecule has 5 nitrogen and oxygen atoms in total. The number of ether oxygens (including phenoxy) is 2. The van der Waals surface area contributed by atoms with E-state index < -0.39 is 0 Å². The number of rotatable bonds is 4. The first-order chi connectivity index (χ1) is 7.24. The monoisotopic (exact) mass is 209 g/mol. The van der Waals surface area contributed by atoms with E-state index in [2.05, 4.69) is 15.3 Å². The summed E-state index contributed by atoms with van der Waals surface area (Å²) in [6, 6.07) is 1.72. The Morgan fingerprint density at radius 2 is 2.07 bits per heavy atom. The minimum absolute atomic E-state index is 0.109. The summed E-state index contributed by atoms with van der Waals surface area (Å²) < 4.78 is 11.0. The van der Waals surface area contributed by atoms with Crippen LogP contribution in [-0.4, -0.2) is 35.3 Å². The molecule has 0 spiro atoms. The van der Waals surface area contributed by atoms with Crippen molar-refractivity contribution in [2.24, 2.45) is 0 Å². The zero-order valence-electron chi connectivity index (χ0n) is 8.93. The first-order valence-corrected chi connectivity index (χ1v) is 5.10. The van der Waals surface area contributed by atoms with E-state index >= 15 is 0 Å². The minimum atomic E-state index is 0.109. The molecule has 82 valence electrons. The summed E-state index contributed by atoms with van der Waals surface area (Å²) in [4.78, 5) is 8.03. The van der Waals surface area contributed by atoms with Crippen molar-refractivity contribution in [3.05, 3.63) is 12.4 Å². The molecule has 1 aromatic heterocycles. The highest BCUT2D eigenvalue weighted by Gasteiger charge is 2.19.